The Morgan fingerprint density at radius 1 is 1.69 bits per heavy atom. The first-order valence-electron chi connectivity index (χ1n) is 5.93. The van der Waals surface area contributed by atoms with Crippen molar-refractivity contribution in [2.45, 2.75) is 45.2 Å². The average molecular weight is 221 g/mol. The van der Waals surface area contributed by atoms with Gasteiger partial charge in [0.05, 0.1) is 5.54 Å². The highest BCUT2D eigenvalue weighted by molar-refractivity contribution is 6.02. The molecule has 1 atom stereocenters. The summed E-state index contributed by atoms with van der Waals surface area (Å²) < 4.78 is 1.76. The number of nitrogens with zero attached hydrogens (tertiary/aromatic N) is 2. The van der Waals surface area contributed by atoms with Crippen LogP contribution in [0.1, 0.15) is 43.6 Å². The van der Waals surface area contributed by atoms with Crippen molar-refractivity contribution >= 4 is 5.78 Å². The second-order valence-electron chi connectivity index (χ2n) is 4.83. The van der Waals surface area contributed by atoms with Crippen LogP contribution in [0.3, 0.4) is 0 Å². The lowest BCUT2D eigenvalue weighted by molar-refractivity contribution is 0.0871. The van der Waals surface area contributed by atoms with Crippen molar-refractivity contribution in [3.63, 3.8) is 0 Å². The molecule has 4 nitrogen and oxygen atoms in total. The molecule has 1 aromatic heterocycles. The molecule has 1 fully saturated rings. The second-order valence-corrected chi connectivity index (χ2v) is 4.83. The molecule has 0 bridgehead atoms. The highest BCUT2D eigenvalue weighted by atomic mass is 16.1. The number of hydrogen-bond donors (Lipinski definition) is 1. The largest absolute Gasteiger partial charge is 0.319 e. The van der Waals surface area contributed by atoms with E-state index in [1.807, 2.05) is 6.92 Å². The predicted molar refractivity (Wildman–Crippen MR) is 62.2 cm³/mol. The minimum absolute atomic E-state index is 0.0287. The molecular weight excluding hydrogens is 202 g/mol. The van der Waals surface area contributed by atoms with E-state index in [-0.39, 0.29) is 5.78 Å². The van der Waals surface area contributed by atoms with Gasteiger partial charge in [0, 0.05) is 12.7 Å². The molecule has 0 spiro atoms. The first kappa shape index (κ1) is 11.3. The van der Waals surface area contributed by atoms with Gasteiger partial charge in [-0.3, -0.25) is 9.48 Å². The maximum absolute atomic E-state index is 12.3. The van der Waals surface area contributed by atoms with Gasteiger partial charge in [-0.2, -0.15) is 5.10 Å². The molecule has 1 aliphatic carbocycles. The highest BCUT2D eigenvalue weighted by Crippen LogP contribution is 2.39. The Kier molecular flexibility index (Phi) is 2.84. The number of Topliss-reactive ketones (excluding diaryl/α,β-unsaturated/α-hetero) is 1. The summed E-state index contributed by atoms with van der Waals surface area (Å²) in [6.45, 7) is 4.68. The lowest BCUT2D eigenvalue weighted by atomic mass is 9.90. The number of nitrogens with two attached hydrogens (primary N) is 1. The van der Waals surface area contributed by atoms with Gasteiger partial charge in [-0.15, -0.1) is 0 Å². The maximum Gasteiger partial charge on any atom is 0.200 e. The Hall–Kier alpha value is -1.16. The van der Waals surface area contributed by atoms with Gasteiger partial charge in [-0.25, -0.2) is 0 Å². The third-order valence-corrected chi connectivity index (χ3v) is 3.30. The molecule has 0 saturated heterocycles. The van der Waals surface area contributed by atoms with Crippen molar-refractivity contribution in [1.82, 2.24) is 9.78 Å². The average Bonchev–Trinajstić information content (AvgIpc) is 3.00. The van der Waals surface area contributed by atoms with Crippen molar-refractivity contribution in [3.8, 4) is 0 Å². The number of aromatic nitrogens is 2. The first-order valence-corrected chi connectivity index (χ1v) is 5.93. The lowest BCUT2D eigenvalue weighted by Crippen LogP contribution is -2.47. The summed E-state index contributed by atoms with van der Waals surface area (Å²) in [5, 5.41) is 4.16. The van der Waals surface area contributed by atoms with Crippen LogP contribution in [0.15, 0.2) is 12.3 Å². The Balaban J connectivity index is 2.22. The monoisotopic (exact) mass is 221 g/mol. The van der Waals surface area contributed by atoms with E-state index >= 15 is 0 Å². The summed E-state index contributed by atoms with van der Waals surface area (Å²) >= 11 is 0. The van der Waals surface area contributed by atoms with Crippen molar-refractivity contribution in [2.75, 3.05) is 0 Å². The van der Waals surface area contributed by atoms with E-state index in [1.165, 1.54) is 0 Å². The maximum atomic E-state index is 12.3. The van der Waals surface area contributed by atoms with Gasteiger partial charge in [0.2, 0.25) is 5.78 Å². The Labute approximate surface area is 95.8 Å². The highest BCUT2D eigenvalue weighted by Gasteiger charge is 2.45. The fraction of sp³-hybridized carbons (Fsp3) is 0.667. The van der Waals surface area contributed by atoms with Gasteiger partial charge >= 0.3 is 0 Å². The molecule has 4 heteroatoms. The van der Waals surface area contributed by atoms with Gasteiger partial charge in [0.1, 0.15) is 5.69 Å². The third-order valence-electron chi connectivity index (χ3n) is 3.30. The van der Waals surface area contributed by atoms with Crippen molar-refractivity contribution in [2.24, 2.45) is 11.7 Å². The van der Waals surface area contributed by atoms with E-state index in [4.69, 9.17) is 5.73 Å². The summed E-state index contributed by atoms with van der Waals surface area (Å²) in [6, 6.07) is 1.77. The molecule has 1 saturated carbocycles. The van der Waals surface area contributed by atoms with Gasteiger partial charge in [0.15, 0.2) is 0 Å². The minimum atomic E-state index is -0.717. The molecule has 1 heterocycles. The molecule has 16 heavy (non-hydrogen) atoms. The van der Waals surface area contributed by atoms with Gasteiger partial charge in [0.25, 0.3) is 0 Å². The Morgan fingerprint density at radius 3 is 2.94 bits per heavy atom. The smallest absolute Gasteiger partial charge is 0.200 e. The standard InChI is InChI=1S/C12H19N3O/c1-3-8-15-10(6-7-14-15)11(16)12(2,13)9-4-5-9/h6-7,9H,3-5,8,13H2,1-2H3. The molecule has 1 unspecified atom stereocenters. The van der Waals surface area contributed by atoms with E-state index in [9.17, 15) is 4.79 Å². The molecule has 1 aliphatic rings. The molecular formula is C12H19N3O. The van der Waals surface area contributed by atoms with E-state index in [2.05, 4.69) is 12.0 Å². The number of carbonyl (C=O) groups is 1. The fourth-order valence-electron chi connectivity index (χ4n) is 2.06. The van der Waals surface area contributed by atoms with E-state index in [0.717, 1.165) is 25.8 Å². The molecule has 0 amide bonds. The van der Waals surface area contributed by atoms with Crippen LogP contribution in [0.4, 0.5) is 0 Å². The summed E-state index contributed by atoms with van der Waals surface area (Å²) in [7, 11) is 0. The van der Waals surface area contributed by atoms with Crippen molar-refractivity contribution in [1.29, 1.82) is 0 Å². The summed E-state index contributed by atoms with van der Waals surface area (Å²) in [6.07, 6.45) is 4.78. The van der Waals surface area contributed by atoms with Gasteiger partial charge < -0.3 is 5.73 Å². The molecule has 0 aliphatic heterocycles. The molecule has 1 aromatic rings. The van der Waals surface area contributed by atoms with Crippen molar-refractivity contribution in [3.05, 3.63) is 18.0 Å². The van der Waals surface area contributed by atoms with E-state index in [1.54, 1.807) is 16.9 Å². The van der Waals surface area contributed by atoms with Crippen LogP contribution in [0.5, 0.6) is 0 Å². The van der Waals surface area contributed by atoms with Crippen LogP contribution in [-0.2, 0) is 6.54 Å². The predicted octanol–water partition coefficient (Wildman–Crippen LogP) is 1.60. The van der Waals surface area contributed by atoms with Crippen LogP contribution in [-0.4, -0.2) is 21.1 Å². The number of carbonyl (C=O) groups excluding carboxylic acids is 1. The van der Waals surface area contributed by atoms with E-state index in [0.29, 0.717) is 11.6 Å². The normalized spacial score (nSPS) is 19.4. The zero-order chi connectivity index (χ0) is 11.8. The molecule has 0 radical (unpaired) electrons. The van der Waals surface area contributed by atoms with Gasteiger partial charge in [-0.1, -0.05) is 6.92 Å². The van der Waals surface area contributed by atoms with Crippen LogP contribution in [0.2, 0.25) is 0 Å². The zero-order valence-corrected chi connectivity index (χ0v) is 9.94. The van der Waals surface area contributed by atoms with Crippen LogP contribution < -0.4 is 5.73 Å². The first-order chi connectivity index (χ1) is 7.57. The van der Waals surface area contributed by atoms with Crippen LogP contribution in [0, 0.1) is 5.92 Å². The number of rotatable bonds is 5. The van der Waals surface area contributed by atoms with Crippen LogP contribution >= 0.6 is 0 Å². The topological polar surface area (TPSA) is 60.9 Å². The fourth-order valence-corrected chi connectivity index (χ4v) is 2.06. The lowest BCUT2D eigenvalue weighted by Gasteiger charge is -2.22. The third kappa shape index (κ3) is 1.89. The summed E-state index contributed by atoms with van der Waals surface area (Å²) in [5.41, 5.74) is 6.07. The Morgan fingerprint density at radius 2 is 2.38 bits per heavy atom. The zero-order valence-electron chi connectivity index (χ0n) is 9.94. The molecule has 0 aromatic carbocycles. The minimum Gasteiger partial charge on any atom is -0.319 e. The molecule has 88 valence electrons. The number of ketones is 1. The Bertz CT molecular complexity index is 391. The summed E-state index contributed by atoms with van der Waals surface area (Å²) in [5.74, 6) is 0.380. The van der Waals surface area contributed by atoms with Crippen molar-refractivity contribution < 1.29 is 4.79 Å². The summed E-state index contributed by atoms with van der Waals surface area (Å²) in [4.78, 5) is 12.3. The SMILES string of the molecule is CCCn1nccc1C(=O)C(C)(N)C1CC1. The van der Waals surface area contributed by atoms with E-state index < -0.39 is 5.54 Å². The quantitative estimate of drug-likeness (QED) is 0.768. The number of hydrogen-bond acceptors (Lipinski definition) is 3. The molecule has 2 rings (SSSR count). The van der Waals surface area contributed by atoms with Crippen LogP contribution in [0.25, 0.3) is 0 Å². The molecule has 2 N–H and O–H groups in total. The second kappa shape index (κ2) is 4.01. The van der Waals surface area contributed by atoms with Gasteiger partial charge in [-0.05, 0) is 38.2 Å². The number of aryl methyl sites for hydroxylation is 1.